The van der Waals surface area contributed by atoms with Crippen LogP contribution in [0, 0.1) is 0 Å². The molecule has 3 rings (SSSR count). The summed E-state index contributed by atoms with van der Waals surface area (Å²) in [5.74, 6) is 0.826. The lowest BCUT2D eigenvalue weighted by Crippen LogP contribution is -2.55. The van der Waals surface area contributed by atoms with Crippen LogP contribution in [0.25, 0.3) is 11.0 Å². The highest BCUT2D eigenvalue weighted by Crippen LogP contribution is 2.17. The number of benzene rings is 1. The molecule has 1 aromatic heterocycles. The fourth-order valence-electron chi connectivity index (χ4n) is 2.51. The molecule has 0 radical (unpaired) electrons. The van der Waals surface area contributed by atoms with E-state index in [1.807, 2.05) is 12.1 Å². The van der Waals surface area contributed by atoms with E-state index in [2.05, 4.69) is 20.6 Å². The van der Waals surface area contributed by atoms with Crippen molar-refractivity contribution in [1.82, 2.24) is 25.5 Å². The minimum absolute atomic E-state index is 0.0701. The third kappa shape index (κ3) is 3.18. The smallest absolute Gasteiger partial charge is 0.241 e. The van der Waals surface area contributed by atoms with Crippen molar-refractivity contribution in [3.63, 3.8) is 0 Å². The first-order valence-corrected chi connectivity index (χ1v) is 7.34. The van der Waals surface area contributed by atoms with Gasteiger partial charge in [-0.05, 0) is 18.2 Å². The number of imidazole rings is 1. The quantitative estimate of drug-likeness (QED) is 0.782. The van der Waals surface area contributed by atoms with E-state index in [9.17, 15) is 4.79 Å². The van der Waals surface area contributed by atoms with Gasteiger partial charge in [0, 0.05) is 31.7 Å². The van der Waals surface area contributed by atoms with Gasteiger partial charge in [-0.15, -0.1) is 0 Å². The Labute approximate surface area is 127 Å². The highest BCUT2D eigenvalue weighted by Gasteiger charge is 2.23. The lowest BCUT2D eigenvalue weighted by molar-refractivity contribution is -0.133. The topological polar surface area (TPSA) is 73.0 Å². The van der Waals surface area contributed by atoms with E-state index in [0.29, 0.717) is 18.1 Å². The molecule has 1 saturated heterocycles. The van der Waals surface area contributed by atoms with Crippen molar-refractivity contribution in [3.8, 4) is 0 Å². The first-order valence-electron chi connectivity index (χ1n) is 6.97. The van der Waals surface area contributed by atoms with E-state index < -0.39 is 0 Å². The van der Waals surface area contributed by atoms with Crippen LogP contribution in [0.3, 0.4) is 0 Å². The van der Waals surface area contributed by atoms with Gasteiger partial charge in [-0.1, -0.05) is 11.6 Å². The number of aromatic nitrogens is 2. The molecular weight excluding hydrogens is 290 g/mol. The number of piperazine rings is 1. The van der Waals surface area contributed by atoms with Crippen LogP contribution in [0.2, 0.25) is 5.02 Å². The number of hydrogen-bond donors (Lipinski definition) is 3. The number of rotatable bonds is 3. The molecule has 1 aliphatic heterocycles. The fraction of sp³-hybridized carbons (Fsp3) is 0.429. The normalized spacial score (nSPS) is 18.9. The lowest BCUT2D eigenvalue weighted by Gasteiger charge is -2.27. The Morgan fingerprint density at radius 1 is 1.48 bits per heavy atom. The summed E-state index contributed by atoms with van der Waals surface area (Å²) in [6, 6.07) is 5.34. The molecule has 1 fully saturated rings. The van der Waals surface area contributed by atoms with Crippen molar-refractivity contribution in [2.45, 2.75) is 12.6 Å². The van der Waals surface area contributed by atoms with Crippen LogP contribution in [0.4, 0.5) is 0 Å². The molecular formula is C14H18ClN5O. The SMILES string of the molecule is CN(Cc1nc2ccc(Cl)cc2[nH]1)C(=O)C1CNCCN1. The van der Waals surface area contributed by atoms with E-state index in [4.69, 9.17) is 11.6 Å². The van der Waals surface area contributed by atoms with Crippen LogP contribution < -0.4 is 10.6 Å². The van der Waals surface area contributed by atoms with Crippen LogP contribution in [0.5, 0.6) is 0 Å². The number of carbonyl (C=O) groups is 1. The van der Waals surface area contributed by atoms with Crippen molar-refractivity contribution in [2.24, 2.45) is 0 Å². The molecule has 0 bridgehead atoms. The predicted molar refractivity (Wildman–Crippen MR) is 82.2 cm³/mol. The van der Waals surface area contributed by atoms with Crippen LogP contribution in [0.1, 0.15) is 5.82 Å². The second-order valence-corrected chi connectivity index (χ2v) is 5.69. The van der Waals surface area contributed by atoms with Crippen LogP contribution in [-0.4, -0.2) is 53.5 Å². The Hall–Kier alpha value is -1.63. The zero-order chi connectivity index (χ0) is 14.8. The average Bonchev–Trinajstić information content (AvgIpc) is 2.88. The molecule has 0 saturated carbocycles. The summed E-state index contributed by atoms with van der Waals surface area (Å²) >= 11 is 5.96. The highest BCUT2D eigenvalue weighted by molar-refractivity contribution is 6.31. The standard InChI is InChI=1S/C14H18ClN5O/c1-20(14(21)12-7-16-4-5-17-12)8-13-18-10-3-2-9(15)6-11(10)19-13/h2-3,6,12,16-17H,4-5,7-8H2,1H3,(H,18,19). The van der Waals surface area contributed by atoms with Crippen molar-refractivity contribution in [1.29, 1.82) is 0 Å². The molecule has 2 heterocycles. The number of nitrogens with zero attached hydrogens (tertiary/aromatic N) is 2. The Kier molecular flexibility index (Phi) is 4.10. The third-order valence-corrected chi connectivity index (χ3v) is 3.83. The van der Waals surface area contributed by atoms with Gasteiger partial charge in [0.15, 0.2) is 0 Å². The van der Waals surface area contributed by atoms with Gasteiger partial charge >= 0.3 is 0 Å². The molecule has 1 amide bonds. The fourth-order valence-corrected chi connectivity index (χ4v) is 2.68. The Bertz CT molecular complexity index is 650. The minimum Gasteiger partial charge on any atom is -0.340 e. The van der Waals surface area contributed by atoms with Crippen LogP contribution in [0.15, 0.2) is 18.2 Å². The zero-order valence-electron chi connectivity index (χ0n) is 11.8. The van der Waals surface area contributed by atoms with E-state index in [1.165, 1.54) is 0 Å². The van der Waals surface area contributed by atoms with Gasteiger partial charge in [0.25, 0.3) is 0 Å². The molecule has 1 aliphatic rings. The largest absolute Gasteiger partial charge is 0.340 e. The first kappa shape index (κ1) is 14.3. The zero-order valence-corrected chi connectivity index (χ0v) is 12.6. The number of halogens is 1. The molecule has 1 aromatic carbocycles. The van der Waals surface area contributed by atoms with Crippen LogP contribution in [-0.2, 0) is 11.3 Å². The number of fused-ring (bicyclic) bond motifs is 1. The first-order chi connectivity index (χ1) is 10.1. The van der Waals surface area contributed by atoms with Crippen molar-refractivity contribution >= 4 is 28.5 Å². The summed E-state index contributed by atoms with van der Waals surface area (Å²) in [4.78, 5) is 21.7. The maximum atomic E-state index is 12.3. The number of nitrogens with one attached hydrogen (secondary N) is 3. The molecule has 0 spiro atoms. The van der Waals surface area contributed by atoms with Gasteiger partial charge in [-0.2, -0.15) is 0 Å². The van der Waals surface area contributed by atoms with Gasteiger partial charge in [-0.3, -0.25) is 4.79 Å². The second kappa shape index (κ2) is 6.01. The molecule has 112 valence electrons. The number of carbonyl (C=O) groups excluding carboxylic acids is 1. The van der Waals surface area contributed by atoms with Gasteiger partial charge in [-0.25, -0.2) is 4.98 Å². The van der Waals surface area contributed by atoms with E-state index >= 15 is 0 Å². The maximum absolute atomic E-state index is 12.3. The summed E-state index contributed by atoms with van der Waals surface area (Å²) < 4.78 is 0. The molecule has 7 heteroatoms. The Balaban J connectivity index is 1.70. The van der Waals surface area contributed by atoms with Gasteiger partial charge in [0.05, 0.1) is 23.6 Å². The lowest BCUT2D eigenvalue weighted by atomic mass is 10.2. The van der Waals surface area contributed by atoms with E-state index in [1.54, 1.807) is 18.0 Å². The third-order valence-electron chi connectivity index (χ3n) is 3.60. The van der Waals surface area contributed by atoms with E-state index in [0.717, 1.165) is 29.9 Å². The van der Waals surface area contributed by atoms with Crippen molar-refractivity contribution in [2.75, 3.05) is 26.7 Å². The summed E-state index contributed by atoms with van der Waals surface area (Å²) in [5.41, 5.74) is 1.74. The molecule has 3 N–H and O–H groups in total. The summed E-state index contributed by atoms with van der Waals surface area (Å²) in [5, 5.41) is 7.10. The highest BCUT2D eigenvalue weighted by atomic mass is 35.5. The molecule has 21 heavy (non-hydrogen) atoms. The summed E-state index contributed by atoms with van der Waals surface area (Å²) in [7, 11) is 1.79. The molecule has 1 unspecified atom stereocenters. The summed E-state index contributed by atoms with van der Waals surface area (Å²) in [6.45, 7) is 2.83. The molecule has 0 aliphatic carbocycles. The minimum atomic E-state index is -0.164. The number of amides is 1. The predicted octanol–water partition coefficient (Wildman–Crippen LogP) is 0.736. The summed E-state index contributed by atoms with van der Waals surface area (Å²) in [6.07, 6.45) is 0. The van der Waals surface area contributed by atoms with E-state index in [-0.39, 0.29) is 11.9 Å². The number of hydrogen-bond acceptors (Lipinski definition) is 4. The number of H-pyrrole nitrogens is 1. The average molecular weight is 308 g/mol. The molecule has 1 atom stereocenters. The monoisotopic (exact) mass is 307 g/mol. The van der Waals surface area contributed by atoms with Gasteiger partial charge in [0.1, 0.15) is 5.82 Å². The van der Waals surface area contributed by atoms with Gasteiger partial charge < -0.3 is 20.5 Å². The van der Waals surface area contributed by atoms with Crippen LogP contribution >= 0.6 is 11.6 Å². The van der Waals surface area contributed by atoms with Crippen molar-refractivity contribution in [3.05, 3.63) is 29.0 Å². The Morgan fingerprint density at radius 3 is 3.10 bits per heavy atom. The molecule has 2 aromatic rings. The van der Waals surface area contributed by atoms with Crippen molar-refractivity contribution < 1.29 is 4.79 Å². The molecule has 6 nitrogen and oxygen atoms in total. The number of aromatic amines is 1. The van der Waals surface area contributed by atoms with Gasteiger partial charge in [0.2, 0.25) is 5.91 Å². The number of likely N-dealkylation sites (N-methyl/N-ethyl adjacent to an activating group) is 1. The Morgan fingerprint density at radius 2 is 2.33 bits per heavy atom. The second-order valence-electron chi connectivity index (χ2n) is 5.25. The maximum Gasteiger partial charge on any atom is 0.241 e.